The second-order valence-electron chi connectivity index (χ2n) is 5.35. The van der Waals surface area contributed by atoms with Crippen LogP contribution < -0.4 is 5.32 Å². The van der Waals surface area contributed by atoms with Crippen molar-refractivity contribution in [2.75, 3.05) is 59.5 Å². The first-order chi connectivity index (χ1) is 8.78. The normalized spacial score (nSPS) is 24.1. The first-order valence-corrected chi connectivity index (χ1v) is 7.00. The van der Waals surface area contributed by atoms with Gasteiger partial charge in [0.2, 0.25) is 0 Å². The molecule has 0 aliphatic carbocycles. The van der Waals surface area contributed by atoms with Gasteiger partial charge in [0.1, 0.15) is 0 Å². The lowest BCUT2D eigenvalue weighted by Crippen LogP contribution is -2.47. The zero-order chi connectivity index (χ0) is 12.8. The smallest absolute Gasteiger partial charge is 0.319 e. The van der Waals surface area contributed by atoms with Gasteiger partial charge in [-0.15, -0.1) is 0 Å². The average Bonchev–Trinajstić information content (AvgIpc) is 2.42. The van der Waals surface area contributed by atoms with E-state index in [-0.39, 0.29) is 5.97 Å². The van der Waals surface area contributed by atoms with E-state index >= 15 is 0 Å². The van der Waals surface area contributed by atoms with Crippen molar-refractivity contribution in [1.82, 2.24) is 15.1 Å². The summed E-state index contributed by atoms with van der Waals surface area (Å²) >= 11 is 0. The minimum absolute atomic E-state index is 0.115. The molecule has 2 aliphatic heterocycles. The van der Waals surface area contributed by atoms with Crippen LogP contribution in [0.25, 0.3) is 0 Å². The van der Waals surface area contributed by atoms with Crippen LogP contribution in [0.1, 0.15) is 12.8 Å². The summed E-state index contributed by atoms with van der Waals surface area (Å²) in [7, 11) is 1.46. The Morgan fingerprint density at radius 1 is 1.17 bits per heavy atom. The van der Waals surface area contributed by atoms with E-state index in [1.807, 2.05) is 0 Å². The van der Waals surface area contributed by atoms with Gasteiger partial charge in [-0.3, -0.25) is 9.69 Å². The Morgan fingerprint density at radius 3 is 2.44 bits per heavy atom. The number of ether oxygens (including phenoxy) is 1. The van der Waals surface area contributed by atoms with Crippen LogP contribution in [-0.2, 0) is 9.53 Å². The van der Waals surface area contributed by atoms with Gasteiger partial charge >= 0.3 is 5.97 Å². The number of piperidine rings is 1. The molecule has 5 heteroatoms. The van der Waals surface area contributed by atoms with Crippen LogP contribution in [0.3, 0.4) is 0 Å². The SMILES string of the molecule is COC(=O)CN1CCC(CN2CCNCC2)CC1. The van der Waals surface area contributed by atoms with Crippen molar-refractivity contribution in [3.05, 3.63) is 0 Å². The number of esters is 1. The highest BCUT2D eigenvalue weighted by molar-refractivity contribution is 5.71. The zero-order valence-electron chi connectivity index (χ0n) is 11.4. The summed E-state index contributed by atoms with van der Waals surface area (Å²) in [5, 5.41) is 3.39. The van der Waals surface area contributed by atoms with Crippen molar-refractivity contribution < 1.29 is 9.53 Å². The lowest BCUT2D eigenvalue weighted by Gasteiger charge is -2.35. The molecule has 0 radical (unpaired) electrons. The van der Waals surface area contributed by atoms with E-state index in [1.54, 1.807) is 0 Å². The first-order valence-electron chi connectivity index (χ1n) is 7.00. The third-order valence-electron chi connectivity index (χ3n) is 4.01. The molecule has 18 heavy (non-hydrogen) atoms. The molecule has 0 saturated carbocycles. The average molecular weight is 255 g/mol. The number of piperazine rings is 1. The molecule has 0 aromatic rings. The summed E-state index contributed by atoms with van der Waals surface area (Å²) in [6.45, 7) is 8.37. The van der Waals surface area contributed by atoms with Crippen LogP contribution in [0.5, 0.6) is 0 Å². The third-order valence-corrected chi connectivity index (χ3v) is 4.01. The van der Waals surface area contributed by atoms with E-state index in [1.165, 1.54) is 39.6 Å². The van der Waals surface area contributed by atoms with Gasteiger partial charge in [0.25, 0.3) is 0 Å². The molecule has 0 aromatic heterocycles. The van der Waals surface area contributed by atoms with Crippen LogP contribution >= 0.6 is 0 Å². The summed E-state index contributed by atoms with van der Waals surface area (Å²) < 4.78 is 4.71. The molecule has 0 bridgehead atoms. The third kappa shape index (κ3) is 4.23. The minimum Gasteiger partial charge on any atom is -0.468 e. The standard InChI is InChI=1S/C13H25N3O2/c1-18-13(17)11-15-6-2-12(3-7-15)10-16-8-4-14-5-9-16/h12,14H,2-11H2,1H3. The van der Waals surface area contributed by atoms with Crippen molar-refractivity contribution in [2.24, 2.45) is 5.92 Å². The molecular formula is C13H25N3O2. The zero-order valence-corrected chi connectivity index (χ0v) is 11.4. The molecule has 1 N–H and O–H groups in total. The van der Waals surface area contributed by atoms with E-state index in [9.17, 15) is 4.79 Å². The van der Waals surface area contributed by atoms with E-state index in [0.29, 0.717) is 6.54 Å². The highest BCUT2D eigenvalue weighted by Crippen LogP contribution is 2.18. The topological polar surface area (TPSA) is 44.8 Å². The van der Waals surface area contributed by atoms with Gasteiger partial charge in [0.05, 0.1) is 13.7 Å². The number of nitrogens with zero attached hydrogens (tertiary/aromatic N) is 2. The van der Waals surface area contributed by atoms with Crippen molar-refractivity contribution >= 4 is 5.97 Å². The Balaban J connectivity index is 1.65. The first kappa shape index (κ1) is 13.8. The molecule has 104 valence electrons. The summed E-state index contributed by atoms with van der Waals surface area (Å²) in [6.07, 6.45) is 2.42. The van der Waals surface area contributed by atoms with Gasteiger partial charge in [0, 0.05) is 32.7 Å². The molecule has 2 fully saturated rings. The summed E-state index contributed by atoms with van der Waals surface area (Å²) in [5.41, 5.74) is 0. The summed E-state index contributed by atoms with van der Waals surface area (Å²) in [6, 6.07) is 0. The Kier molecular flexibility index (Phi) is 5.41. The van der Waals surface area contributed by atoms with E-state index < -0.39 is 0 Å². The number of hydrogen-bond acceptors (Lipinski definition) is 5. The second kappa shape index (κ2) is 7.07. The molecule has 0 aromatic carbocycles. The fraction of sp³-hybridized carbons (Fsp3) is 0.923. The Bertz CT molecular complexity index is 259. The van der Waals surface area contributed by atoms with E-state index in [2.05, 4.69) is 15.1 Å². The number of carbonyl (C=O) groups is 1. The predicted octanol–water partition coefficient (Wildman–Crippen LogP) is -0.223. The van der Waals surface area contributed by atoms with Crippen molar-refractivity contribution in [2.45, 2.75) is 12.8 Å². The maximum Gasteiger partial charge on any atom is 0.319 e. The molecule has 0 unspecified atom stereocenters. The molecule has 0 spiro atoms. The number of rotatable bonds is 4. The number of carbonyl (C=O) groups excluding carboxylic acids is 1. The monoisotopic (exact) mass is 255 g/mol. The molecule has 2 heterocycles. The minimum atomic E-state index is -0.115. The van der Waals surface area contributed by atoms with Gasteiger partial charge in [-0.25, -0.2) is 0 Å². The number of nitrogens with one attached hydrogen (secondary N) is 1. The number of likely N-dealkylation sites (tertiary alicyclic amines) is 1. The van der Waals surface area contributed by atoms with Gasteiger partial charge in [-0.1, -0.05) is 0 Å². The Labute approximate surface area is 109 Å². The van der Waals surface area contributed by atoms with Crippen molar-refractivity contribution in [3.63, 3.8) is 0 Å². The number of hydrogen-bond donors (Lipinski definition) is 1. The Hall–Kier alpha value is -0.650. The molecule has 5 nitrogen and oxygen atoms in total. The quantitative estimate of drug-likeness (QED) is 0.704. The maximum absolute atomic E-state index is 11.2. The Morgan fingerprint density at radius 2 is 1.83 bits per heavy atom. The van der Waals surface area contributed by atoms with Gasteiger partial charge in [-0.05, 0) is 31.8 Å². The van der Waals surface area contributed by atoms with Gasteiger partial charge < -0.3 is 15.0 Å². The molecule has 0 atom stereocenters. The van der Waals surface area contributed by atoms with Crippen LogP contribution in [-0.4, -0.2) is 75.2 Å². The van der Waals surface area contributed by atoms with E-state index in [0.717, 1.165) is 32.1 Å². The summed E-state index contributed by atoms with van der Waals surface area (Å²) in [5.74, 6) is 0.688. The molecule has 2 aliphatic rings. The van der Waals surface area contributed by atoms with Crippen LogP contribution in [0.4, 0.5) is 0 Å². The van der Waals surface area contributed by atoms with Gasteiger partial charge in [-0.2, -0.15) is 0 Å². The van der Waals surface area contributed by atoms with Crippen LogP contribution in [0.2, 0.25) is 0 Å². The predicted molar refractivity (Wildman–Crippen MR) is 70.5 cm³/mol. The molecule has 0 amide bonds. The van der Waals surface area contributed by atoms with Crippen LogP contribution in [0.15, 0.2) is 0 Å². The van der Waals surface area contributed by atoms with Gasteiger partial charge in [0.15, 0.2) is 0 Å². The molecule has 2 saturated heterocycles. The van der Waals surface area contributed by atoms with Crippen molar-refractivity contribution in [1.29, 1.82) is 0 Å². The van der Waals surface area contributed by atoms with Crippen molar-refractivity contribution in [3.8, 4) is 0 Å². The molecule has 2 rings (SSSR count). The maximum atomic E-state index is 11.2. The highest BCUT2D eigenvalue weighted by Gasteiger charge is 2.23. The lowest BCUT2D eigenvalue weighted by molar-refractivity contribution is -0.142. The number of methoxy groups -OCH3 is 1. The second-order valence-corrected chi connectivity index (χ2v) is 5.35. The summed E-state index contributed by atoms with van der Waals surface area (Å²) in [4.78, 5) is 16.0. The largest absolute Gasteiger partial charge is 0.468 e. The lowest BCUT2D eigenvalue weighted by atomic mass is 9.96. The fourth-order valence-corrected chi connectivity index (χ4v) is 2.83. The highest BCUT2D eigenvalue weighted by atomic mass is 16.5. The molecular weight excluding hydrogens is 230 g/mol. The van der Waals surface area contributed by atoms with E-state index in [4.69, 9.17) is 4.74 Å². The fourth-order valence-electron chi connectivity index (χ4n) is 2.83. The van der Waals surface area contributed by atoms with Crippen LogP contribution in [0, 0.1) is 5.92 Å².